The van der Waals surface area contributed by atoms with Gasteiger partial charge in [-0.1, -0.05) is 49.7 Å². The average Bonchev–Trinajstić information content (AvgIpc) is 2.99. The largest absolute Gasteiger partial charge is 0.352 e. The highest BCUT2D eigenvalue weighted by molar-refractivity contribution is 7.85. The smallest absolute Gasteiger partial charge is 0.259 e. The molecule has 0 unspecified atom stereocenters. The summed E-state index contributed by atoms with van der Waals surface area (Å²) in [6.45, 7) is 7.92. The van der Waals surface area contributed by atoms with E-state index in [1.54, 1.807) is 59.5 Å². The normalized spacial score (nSPS) is 14.8. The number of nitrogens with zero attached hydrogens (tertiary/aromatic N) is 2. The number of benzene rings is 3. The molecule has 0 saturated carbocycles. The first-order chi connectivity index (χ1) is 17.4. The van der Waals surface area contributed by atoms with Crippen LogP contribution in [-0.4, -0.2) is 47.1 Å². The van der Waals surface area contributed by atoms with Crippen molar-refractivity contribution < 1.29 is 13.8 Å². The number of halogens is 1. The molecule has 188 valence electrons. The molecule has 1 N–H and O–H groups in total. The second-order valence-electron chi connectivity index (χ2n) is 8.60. The van der Waals surface area contributed by atoms with E-state index >= 15 is 0 Å². The SMILES string of the molecule is CCN(CC)CCCNC(=O)c1ccc2c(c1)N(Cc1ccc(Cl)cc1)C(=O)c1ccccc1[S@]2=O. The number of fused-ring (bicyclic) bond motifs is 2. The van der Waals surface area contributed by atoms with Crippen LogP contribution in [0, 0.1) is 0 Å². The van der Waals surface area contributed by atoms with E-state index < -0.39 is 10.8 Å². The second-order valence-corrected chi connectivity index (χ2v) is 10.5. The molecule has 0 spiro atoms. The number of hydrogen-bond acceptors (Lipinski definition) is 4. The molecular formula is C28H30ClN3O3S. The summed E-state index contributed by atoms with van der Waals surface area (Å²) in [6.07, 6.45) is 0.846. The van der Waals surface area contributed by atoms with Crippen molar-refractivity contribution in [2.24, 2.45) is 0 Å². The van der Waals surface area contributed by atoms with E-state index in [9.17, 15) is 13.8 Å². The van der Waals surface area contributed by atoms with Crippen molar-refractivity contribution in [3.63, 3.8) is 0 Å². The molecule has 8 heteroatoms. The summed E-state index contributed by atoms with van der Waals surface area (Å²) in [7, 11) is -1.57. The van der Waals surface area contributed by atoms with Crippen LogP contribution in [0.2, 0.25) is 5.02 Å². The summed E-state index contributed by atoms with van der Waals surface area (Å²) in [4.78, 5) is 31.5. The van der Waals surface area contributed by atoms with Crippen molar-refractivity contribution in [1.29, 1.82) is 0 Å². The van der Waals surface area contributed by atoms with Gasteiger partial charge in [0.05, 0.1) is 38.4 Å². The zero-order chi connectivity index (χ0) is 25.7. The summed E-state index contributed by atoms with van der Waals surface area (Å²) in [5.41, 5.74) is 2.16. The van der Waals surface area contributed by atoms with Crippen LogP contribution in [0.5, 0.6) is 0 Å². The highest BCUT2D eigenvalue weighted by Gasteiger charge is 2.31. The Morgan fingerprint density at radius 2 is 1.72 bits per heavy atom. The Balaban J connectivity index is 1.65. The maximum atomic E-state index is 13.7. The van der Waals surface area contributed by atoms with Crippen LogP contribution < -0.4 is 10.2 Å². The third kappa shape index (κ3) is 5.69. The van der Waals surface area contributed by atoms with E-state index in [2.05, 4.69) is 24.1 Å². The van der Waals surface area contributed by atoms with Crippen LogP contribution in [0.3, 0.4) is 0 Å². The fourth-order valence-corrected chi connectivity index (χ4v) is 5.75. The third-order valence-corrected chi connectivity index (χ3v) is 8.11. The molecule has 6 nitrogen and oxygen atoms in total. The topological polar surface area (TPSA) is 69.7 Å². The lowest BCUT2D eigenvalue weighted by Crippen LogP contribution is -2.31. The van der Waals surface area contributed by atoms with Crippen molar-refractivity contribution in [2.75, 3.05) is 31.1 Å². The lowest BCUT2D eigenvalue weighted by atomic mass is 10.1. The van der Waals surface area contributed by atoms with Gasteiger partial charge in [0, 0.05) is 17.1 Å². The molecule has 4 rings (SSSR count). The predicted octanol–water partition coefficient (Wildman–Crippen LogP) is 5.13. The van der Waals surface area contributed by atoms with Crippen LogP contribution in [0.15, 0.2) is 76.5 Å². The average molecular weight is 524 g/mol. The van der Waals surface area contributed by atoms with Crippen molar-refractivity contribution in [3.8, 4) is 0 Å². The highest BCUT2D eigenvalue weighted by Crippen LogP contribution is 2.36. The minimum Gasteiger partial charge on any atom is -0.352 e. The molecule has 1 heterocycles. The summed E-state index contributed by atoms with van der Waals surface area (Å²) >= 11 is 6.05. The Morgan fingerprint density at radius 1 is 1.00 bits per heavy atom. The number of nitrogens with one attached hydrogen (secondary N) is 1. The van der Waals surface area contributed by atoms with Crippen LogP contribution in [0.1, 0.15) is 46.5 Å². The first kappa shape index (κ1) is 26.1. The first-order valence-corrected chi connectivity index (χ1v) is 13.7. The zero-order valence-corrected chi connectivity index (χ0v) is 22.1. The van der Waals surface area contributed by atoms with E-state index in [0.717, 1.165) is 31.6 Å². The number of carbonyl (C=O) groups excluding carboxylic acids is 2. The summed E-state index contributed by atoms with van der Waals surface area (Å²) in [5, 5.41) is 3.58. The van der Waals surface area contributed by atoms with Crippen molar-refractivity contribution in [3.05, 3.63) is 88.4 Å². The quantitative estimate of drug-likeness (QED) is 0.395. The second kappa shape index (κ2) is 11.8. The molecule has 0 bridgehead atoms. The van der Waals surface area contributed by atoms with Gasteiger partial charge in [-0.25, -0.2) is 4.21 Å². The van der Waals surface area contributed by atoms with Crippen LogP contribution in [0.25, 0.3) is 0 Å². The fourth-order valence-electron chi connectivity index (χ4n) is 4.28. The maximum Gasteiger partial charge on any atom is 0.259 e. The predicted molar refractivity (Wildman–Crippen MR) is 144 cm³/mol. The van der Waals surface area contributed by atoms with Gasteiger partial charge < -0.3 is 15.1 Å². The third-order valence-electron chi connectivity index (χ3n) is 6.36. The van der Waals surface area contributed by atoms with Crippen LogP contribution in [-0.2, 0) is 17.3 Å². The lowest BCUT2D eigenvalue weighted by molar-refractivity contribution is 0.0948. The lowest BCUT2D eigenvalue weighted by Gasteiger charge is -2.24. The molecule has 2 amide bonds. The van der Waals surface area contributed by atoms with Crippen molar-refractivity contribution in [2.45, 2.75) is 36.6 Å². The standard InChI is InChI=1S/C28H30ClN3O3S/c1-3-31(4-2)17-7-16-30-27(33)21-12-15-26-24(18-21)32(19-20-10-13-22(29)14-11-20)28(34)23-8-5-6-9-25(23)36(26)35/h5-6,8-15,18H,3-4,7,16-17,19H2,1-2H3,(H,30,33)/t36-/m1/s1. The fraction of sp³-hybridized carbons (Fsp3) is 0.286. The molecule has 0 fully saturated rings. The van der Waals surface area contributed by atoms with E-state index in [-0.39, 0.29) is 18.4 Å². The Hall–Kier alpha value is -3.00. The Morgan fingerprint density at radius 3 is 2.44 bits per heavy atom. The number of amides is 2. The number of rotatable bonds is 9. The van der Waals surface area contributed by atoms with Gasteiger partial charge in [0.2, 0.25) is 0 Å². The van der Waals surface area contributed by atoms with Gasteiger partial charge in [0.15, 0.2) is 0 Å². The van der Waals surface area contributed by atoms with Crippen molar-refractivity contribution >= 4 is 39.9 Å². The number of carbonyl (C=O) groups is 2. The monoisotopic (exact) mass is 523 g/mol. The Labute approximate surface area is 219 Å². The van der Waals surface area contributed by atoms with Crippen LogP contribution >= 0.6 is 11.6 Å². The highest BCUT2D eigenvalue weighted by atomic mass is 35.5. The Kier molecular flexibility index (Phi) is 8.56. The van der Waals surface area contributed by atoms with Gasteiger partial charge >= 0.3 is 0 Å². The maximum absolute atomic E-state index is 13.7. The molecule has 1 aliphatic heterocycles. The molecule has 0 aromatic heterocycles. The number of hydrogen-bond donors (Lipinski definition) is 1. The van der Waals surface area contributed by atoms with Gasteiger partial charge in [-0.2, -0.15) is 0 Å². The molecule has 3 aromatic rings. The van der Waals surface area contributed by atoms with Gasteiger partial charge in [0.1, 0.15) is 0 Å². The molecule has 36 heavy (non-hydrogen) atoms. The van der Waals surface area contributed by atoms with E-state index in [1.165, 1.54) is 0 Å². The molecule has 0 aliphatic carbocycles. The van der Waals surface area contributed by atoms with Gasteiger partial charge in [0.25, 0.3) is 11.8 Å². The molecule has 1 aliphatic rings. The Bertz CT molecular complexity index is 1280. The minimum absolute atomic E-state index is 0.219. The van der Waals surface area contributed by atoms with E-state index in [4.69, 9.17) is 11.6 Å². The molecule has 1 atom stereocenters. The van der Waals surface area contributed by atoms with Gasteiger partial charge in [-0.15, -0.1) is 0 Å². The summed E-state index contributed by atoms with van der Waals surface area (Å²) in [6, 6.07) is 19.3. The van der Waals surface area contributed by atoms with Gasteiger partial charge in [-0.3, -0.25) is 9.59 Å². The molecule has 0 saturated heterocycles. The van der Waals surface area contributed by atoms with Crippen molar-refractivity contribution in [1.82, 2.24) is 10.2 Å². The molecular weight excluding hydrogens is 494 g/mol. The van der Waals surface area contributed by atoms with E-state index in [1.807, 2.05) is 12.1 Å². The molecule has 3 aromatic carbocycles. The summed E-state index contributed by atoms with van der Waals surface area (Å²) in [5.74, 6) is -0.479. The van der Waals surface area contributed by atoms with Crippen LogP contribution in [0.4, 0.5) is 5.69 Å². The summed E-state index contributed by atoms with van der Waals surface area (Å²) < 4.78 is 13.5. The van der Waals surface area contributed by atoms with Gasteiger partial charge in [-0.05, 0) is 74.1 Å². The minimum atomic E-state index is -1.57. The van der Waals surface area contributed by atoms with E-state index in [0.29, 0.717) is 38.2 Å². The molecule has 0 radical (unpaired) electrons. The number of anilines is 1. The zero-order valence-electron chi connectivity index (χ0n) is 20.5. The first-order valence-electron chi connectivity index (χ1n) is 12.1.